The molecule has 136 valence electrons. The lowest BCUT2D eigenvalue weighted by Crippen LogP contribution is -2.55. The number of carbonyl (C=O) groups excluding carboxylic acids is 4. The summed E-state index contributed by atoms with van der Waals surface area (Å²) in [5.74, 6) is -3.97. The SMILES string of the molecule is CC(NC(=O)C(CCC(N)=O)NC(=O)C(C)NC(=O)CN)C(=O)O. The van der Waals surface area contributed by atoms with Crippen molar-refractivity contribution in [3.05, 3.63) is 0 Å². The van der Waals surface area contributed by atoms with Gasteiger partial charge in [0.15, 0.2) is 0 Å². The molecule has 3 atom stereocenters. The van der Waals surface area contributed by atoms with Crippen molar-refractivity contribution in [1.82, 2.24) is 16.0 Å². The molecule has 3 unspecified atom stereocenters. The second-order valence-corrected chi connectivity index (χ2v) is 5.13. The highest BCUT2D eigenvalue weighted by molar-refractivity contribution is 5.93. The molecule has 0 saturated heterocycles. The first-order valence-corrected chi connectivity index (χ1v) is 7.19. The lowest BCUT2D eigenvalue weighted by molar-refractivity contribution is -0.142. The van der Waals surface area contributed by atoms with E-state index in [9.17, 15) is 24.0 Å². The monoisotopic (exact) mass is 345 g/mol. The van der Waals surface area contributed by atoms with Gasteiger partial charge in [0.25, 0.3) is 0 Å². The molecule has 0 aromatic carbocycles. The van der Waals surface area contributed by atoms with Crippen LogP contribution in [0, 0.1) is 0 Å². The number of nitrogens with one attached hydrogen (secondary N) is 3. The van der Waals surface area contributed by atoms with Gasteiger partial charge in [-0.1, -0.05) is 0 Å². The fourth-order valence-electron chi connectivity index (χ4n) is 1.59. The van der Waals surface area contributed by atoms with E-state index >= 15 is 0 Å². The summed E-state index contributed by atoms with van der Waals surface area (Å²) in [6, 6.07) is -3.33. The quantitative estimate of drug-likeness (QED) is 0.240. The van der Waals surface area contributed by atoms with Crippen molar-refractivity contribution in [1.29, 1.82) is 0 Å². The number of carbonyl (C=O) groups is 5. The molecule has 0 aliphatic heterocycles. The normalized spacial score (nSPS) is 14.0. The molecule has 0 saturated carbocycles. The summed E-state index contributed by atoms with van der Waals surface area (Å²) in [6.07, 6.45) is -0.305. The van der Waals surface area contributed by atoms with Crippen LogP contribution >= 0.6 is 0 Å². The van der Waals surface area contributed by atoms with Crippen LogP contribution in [0.3, 0.4) is 0 Å². The molecule has 0 rings (SSSR count). The number of rotatable bonds is 10. The van der Waals surface area contributed by atoms with Crippen molar-refractivity contribution in [2.75, 3.05) is 6.54 Å². The summed E-state index contributed by atoms with van der Waals surface area (Å²) in [6.45, 7) is 2.32. The number of aliphatic carboxylic acids is 1. The molecule has 0 aromatic heterocycles. The topological polar surface area (TPSA) is 194 Å². The average molecular weight is 345 g/mol. The number of carboxylic acids is 1. The minimum atomic E-state index is -1.26. The van der Waals surface area contributed by atoms with Gasteiger partial charge in [-0.05, 0) is 20.3 Å². The Morgan fingerprint density at radius 1 is 0.958 bits per heavy atom. The third-order valence-electron chi connectivity index (χ3n) is 3.00. The Bertz CT molecular complexity index is 509. The first-order valence-electron chi connectivity index (χ1n) is 7.19. The average Bonchev–Trinajstić information content (AvgIpc) is 2.50. The summed E-state index contributed by atoms with van der Waals surface area (Å²) < 4.78 is 0. The van der Waals surface area contributed by atoms with Gasteiger partial charge in [-0.15, -0.1) is 0 Å². The smallest absolute Gasteiger partial charge is 0.325 e. The van der Waals surface area contributed by atoms with Gasteiger partial charge < -0.3 is 32.5 Å². The predicted octanol–water partition coefficient (Wildman–Crippen LogP) is -3.21. The van der Waals surface area contributed by atoms with E-state index < -0.39 is 47.7 Å². The molecule has 0 spiro atoms. The van der Waals surface area contributed by atoms with Crippen LogP contribution < -0.4 is 27.4 Å². The van der Waals surface area contributed by atoms with Crippen molar-refractivity contribution < 1.29 is 29.1 Å². The van der Waals surface area contributed by atoms with Gasteiger partial charge in [-0.3, -0.25) is 24.0 Å². The van der Waals surface area contributed by atoms with Gasteiger partial charge in [0.2, 0.25) is 23.6 Å². The fourth-order valence-corrected chi connectivity index (χ4v) is 1.59. The van der Waals surface area contributed by atoms with E-state index in [-0.39, 0.29) is 19.4 Å². The predicted molar refractivity (Wildman–Crippen MR) is 82.3 cm³/mol. The molecule has 0 heterocycles. The molecule has 0 aliphatic rings. The standard InChI is InChI=1S/C13H23N5O6/c1-6(16-10(20)5-14)11(21)18-8(3-4-9(15)19)12(22)17-7(2)13(23)24/h6-8H,3-5,14H2,1-2H3,(H2,15,19)(H,16,20)(H,17,22)(H,18,21)(H,23,24). The van der Waals surface area contributed by atoms with Crippen LogP contribution in [0.4, 0.5) is 0 Å². The Morgan fingerprint density at radius 2 is 1.54 bits per heavy atom. The first kappa shape index (κ1) is 21.3. The van der Waals surface area contributed by atoms with Crippen molar-refractivity contribution in [3.8, 4) is 0 Å². The lowest BCUT2D eigenvalue weighted by Gasteiger charge is -2.21. The van der Waals surface area contributed by atoms with E-state index in [0.29, 0.717) is 0 Å². The minimum Gasteiger partial charge on any atom is -0.480 e. The second kappa shape index (κ2) is 10.2. The maximum Gasteiger partial charge on any atom is 0.325 e. The minimum absolute atomic E-state index is 0.114. The number of carboxylic acid groups (broad SMARTS) is 1. The summed E-state index contributed by atoms with van der Waals surface area (Å²) in [7, 11) is 0. The Balaban J connectivity index is 4.89. The third kappa shape index (κ3) is 8.08. The molecule has 4 amide bonds. The maximum atomic E-state index is 12.1. The number of primary amides is 1. The van der Waals surface area contributed by atoms with E-state index in [1.807, 2.05) is 0 Å². The zero-order valence-electron chi connectivity index (χ0n) is 13.5. The molecule has 11 nitrogen and oxygen atoms in total. The molecular weight excluding hydrogens is 322 g/mol. The highest BCUT2D eigenvalue weighted by Gasteiger charge is 2.26. The molecule has 0 radical (unpaired) electrons. The Hall–Kier alpha value is -2.69. The van der Waals surface area contributed by atoms with Gasteiger partial charge in [-0.2, -0.15) is 0 Å². The maximum absolute atomic E-state index is 12.1. The Labute approximate surface area is 138 Å². The van der Waals surface area contributed by atoms with Crippen molar-refractivity contribution in [3.63, 3.8) is 0 Å². The van der Waals surface area contributed by atoms with Crippen molar-refractivity contribution >= 4 is 29.6 Å². The first-order chi connectivity index (χ1) is 11.1. The molecule has 0 fully saturated rings. The van der Waals surface area contributed by atoms with Crippen LogP contribution in [-0.4, -0.2) is 59.4 Å². The Morgan fingerprint density at radius 3 is 2.00 bits per heavy atom. The molecular formula is C13H23N5O6. The van der Waals surface area contributed by atoms with Crippen LogP contribution in [0.2, 0.25) is 0 Å². The van der Waals surface area contributed by atoms with Crippen LogP contribution in [0.5, 0.6) is 0 Å². The molecule has 0 aromatic rings. The van der Waals surface area contributed by atoms with Gasteiger partial charge in [0, 0.05) is 6.42 Å². The van der Waals surface area contributed by atoms with Crippen LogP contribution in [0.1, 0.15) is 26.7 Å². The van der Waals surface area contributed by atoms with Gasteiger partial charge in [-0.25, -0.2) is 0 Å². The summed E-state index contributed by atoms with van der Waals surface area (Å²) in [5.41, 5.74) is 10.1. The van der Waals surface area contributed by atoms with E-state index in [1.165, 1.54) is 13.8 Å². The van der Waals surface area contributed by atoms with Crippen molar-refractivity contribution in [2.45, 2.75) is 44.8 Å². The van der Waals surface area contributed by atoms with E-state index in [2.05, 4.69) is 16.0 Å². The highest BCUT2D eigenvalue weighted by atomic mass is 16.4. The largest absolute Gasteiger partial charge is 0.480 e. The second-order valence-electron chi connectivity index (χ2n) is 5.13. The van der Waals surface area contributed by atoms with Crippen LogP contribution in [0.25, 0.3) is 0 Å². The number of hydrogen-bond donors (Lipinski definition) is 6. The molecule has 8 N–H and O–H groups in total. The third-order valence-corrected chi connectivity index (χ3v) is 3.00. The zero-order chi connectivity index (χ0) is 18.9. The summed E-state index contributed by atoms with van der Waals surface area (Å²) in [4.78, 5) is 56.9. The molecule has 24 heavy (non-hydrogen) atoms. The zero-order valence-corrected chi connectivity index (χ0v) is 13.5. The van der Waals surface area contributed by atoms with Gasteiger partial charge >= 0.3 is 5.97 Å². The Kier molecular flexibility index (Phi) is 9.02. The number of hydrogen-bond acceptors (Lipinski definition) is 6. The van der Waals surface area contributed by atoms with E-state index in [0.717, 1.165) is 0 Å². The molecule has 0 aliphatic carbocycles. The molecule has 11 heteroatoms. The van der Waals surface area contributed by atoms with E-state index in [4.69, 9.17) is 16.6 Å². The number of nitrogens with two attached hydrogens (primary N) is 2. The summed E-state index contributed by atoms with van der Waals surface area (Å²) in [5, 5.41) is 15.6. The lowest BCUT2D eigenvalue weighted by atomic mass is 10.1. The van der Waals surface area contributed by atoms with Crippen molar-refractivity contribution in [2.24, 2.45) is 11.5 Å². The molecule has 0 bridgehead atoms. The highest BCUT2D eigenvalue weighted by Crippen LogP contribution is 2.00. The van der Waals surface area contributed by atoms with Crippen LogP contribution in [-0.2, 0) is 24.0 Å². The number of amides is 4. The van der Waals surface area contributed by atoms with E-state index in [1.54, 1.807) is 0 Å². The summed E-state index contributed by atoms with van der Waals surface area (Å²) >= 11 is 0. The fraction of sp³-hybridized carbons (Fsp3) is 0.615. The van der Waals surface area contributed by atoms with Crippen LogP contribution in [0.15, 0.2) is 0 Å². The van der Waals surface area contributed by atoms with Gasteiger partial charge in [0.05, 0.1) is 6.54 Å². The van der Waals surface area contributed by atoms with Gasteiger partial charge in [0.1, 0.15) is 18.1 Å².